The van der Waals surface area contributed by atoms with Crippen LogP contribution >= 0.6 is 11.8 Å². The third kappa shape index (κ3) is 6.58. The summed E-state index contributed by atoms with van der Waals surface area (Å²) in [5.74, 6) is 0.330. The predicted molar refractivity (Wildman–Crippen MR) is 137 cm³/mol. The minimum atomic E-state index is -0.389. The third-order valence-corrected chi connectivity index (χ3v) is 6.18. The standard InChI is InChI=1S/C23H27N9O2S/c1-14-12-19(31-30-14)28-22(17-4-2-10-26-17)29-23(25)35-16-8-6-15(7-9-16)27-20(33)13-32-11-3-5-18(32)21(24)34/h2,4,6-10,12,18,26H,3,5,11,13H2,1H3,(H2,24,34)(H,27,33)(H3,25,28,29,30,31). The van der Waals surface area contributed by atoms with Crippen molar-refractivity contribution in [1.82, 2.24) is 20.1 Å². The Bertz CT molecular complexity index is 1230. The number of carbonyl (C=O) groups is 2. The molecule has 3 heterocycles. The number of thioether (sulfide) groups is 1. The Labute approximate surface area is 206 Å². The molecule has 12 heteroatoms. The second-order valence-corrected chi connectivity index (χ2v) is 9.18. The number of benzene rings is 1. The number of hydrogen-bond donors (Lipinski definition) is 5. The van der Waals surface area contributed by atoms with E-state index < -0.39 is 0 Å². The number of carbonyl (C=O) groups excluding carboxylic acids is 2. The average molecular weight is 494 g/mol. The molecule has 2 aromatic heterocycles. The van der Waals surface area contributed by atoms with Crippen molar-refractivity contribution in [2.24, 2.45) is 21.5 Å². The normalized spacial score (nSPS) is 17.0. The van der Waals surface area contributed by atoms with Gasteiger partial charge in [-0.15, -0.1) is 0 Å². The summed E-state index contributed by atoms with van der Waals surface area (Å²) >= 11 is 1.27. The zero-order valence-electron chi connectivity index (χ0n) is 19.2. The Kier molecular flexibility index (Phi) is 7.63. The number of aryl methyl sites for hydroxylation is 1. The number of likely N-dealkylation sites (tertiary alicyclic amines) is 1. The van der Waals surface area contributed by atoms with Gasteiger partial charge >= 0.3 is 0 Å². The maximum absolute atomic E-state index is 12.4. The van der Waals surface area contributed by atoms with Crippen molar-refractivity contribution >= 4 is 46.1 Å². The van der Waals surface area contributed by atoms with Gasteiger partial charge in [0.05, 0.1) is 18.3 Å². The van der Waals surface area contributed by atoms with Crippen molar-refractivity contribution in [2.75, 3.05) is 18.4 Å². The van der Waals surface area contributed by atoms with Gasteiger partial charge in [-0.1, -0.05) is 11.8 Å². The first kappa shape index (κ1) is 24.2. The van der Waals surface area contributed by atoms with Crippen molar-refractivity contribution in [3.8, 4) is 0 Å². The number of amidine groups is 2. The van der Waals surface area contributed by atoms with E-state index in [1.54, 1.807) is 18.3 Å². The smallest absolute Gasteiger partial charge is 0.238 e. The number of aromatic nitrogens is 3. The molecule has 11 nitrogen and oxygen atoms in total. The highest BCUT2D eigenvalue weighted by Crippen LogP contribution is 2.22. The van der Waals surface area contributed by atoms with Gasteiger partial charge in [0.2, 0.25) is 11.8 Å². The third-order valence-electron chi connectivity index (χ3n) is 5.37. The Balaban J connectivity index is 1.38. The zero-order valence-corrected chi connectivity index (χ0v) is 20.0. The van der Waals surface area contributed by atoms with E-state index >= 15 is 0 Å². The maximum Gasteiger partial charge on any atom is 0.238 e. The van der Waals surface area contributed by atoms with Gasteiger partial charge in [0, 0.05) is 28.5 Å². The molecule has 1 aliphatic rings. The summed E-state index contributed by atoms with van der Waals surface area (Å²) in [6, 6.07) is 12.4. The molecule has 1 atom stereocenters. The Morgan fingerprint density at radius 1 is 1.26 bits per heavy atom. The number of anilines is 1. The summed E-state index contributed by atoms with van der Waals surface area (Å²) in [4.78, 5) is 38.6. The lowest BCUT2D eigenvalue weighted by Gasteiger charge is -2.21. The van der Waals surface area contributed by atoms with E-state index in [0.29, 0.717) is 41.2 Å². The van der Waals surface area contributed by atoms with E-state index in [0.717, 1.165) is 17.0 Å². The van der Waals surface area contributed by atoms with Gasteiger partial charge in [-0.3, -0.25) is 19.6 Å². The van der Waals surface area contributed by atoms with Crippen LogP contribution in [0.3, 0.4) is 0 Å². The van der Waals surface area contributed by atoms with Crippen LogP contribution in [0.4, 0.5) is 11.5 Å². The summed E-state index contributed by atoms with van der Waals surface area (Å²) < 4.78 is 0. The fourth-order valence-corrected chi connectivity index (χ4v) is 4.41. The van der Waals surface area contributed by atoms with Crippen LogP contribution in [0, 0.1) is 6.92 Å². The van der Waals surface area contributed by atoms with Crippen molar-refractivity contribution < 1.29 is 9.59 Å². The molecule has 4 rings (SSSR count). The number of nitrogens with one attached hydrogen (secondary N) is 3. The molecule has 3 aromatic rings. The largest absolute Gasteiger partial charge is 0.378 e. The molecule has 7 N–H and O–H groups in total. The van der Waals surface area contributed by atoms with Crippen LogP contribution in [-0.2, 0) is 9.59 Å². The molecule has 182 valence electrons. The molecule has 1 aromatic carbocycles. The fourth-order valence-electron chi connectivity index (χ4n) is 3.76. The SMILES string of the molecule is Cc1cc(N=C(N=C(N)Sc2ccc(NC(=O)CN3CCCC3C(N)=O)cc2)c2ccc[nH]2)n[nH]1. The quantitative estimate of drug-likeness (QED) is 0.192. The summed E-state index contributed by atoms with van der Waals surface area (Å²) in [6.07, 6.45) is 3.33. The highest BCUT2D eigenvalue weighted by atomic mass is 32.2. The molecule has 0 spiro atoms. The molecule has 0 bridgehead atoms. The number of aromatic amines is 2. The number of hydrogen-bond acceptors (Lipinski definition) is 6. The first-order chi connectivity index (χ1) is 16.9. The van der Waals surface area contributed by atoms with Gasteiger partial charge in [0.1, 0.15) is 0 Å². The molecular formula is C23H27N9O2S. The number of H-pyrrole nitrogens is 2. The molecule has 0 aliphatic carbocycles. The number of aliphatic imine (C=N–C) groups is 2. The molecule has 1 aliphatic heterocycles. The molecule has 1 fully saturated rings. The maximum atomic E-state index is 12.4. The highest BCUT2D eigenvalue weighted by Gasteiger charge is 2.30. The lowest BCUT2D eigenvalue weighted by Crippen LogP contribution is -2.43. The number of amides is 2. The van der Waals surface area contributed by atoms with Crippen LogP contribution in [0.2, 0.25) is 0 Å². The monoisotopic (exact) mass is 493 g/mol. The molecule has 1 unspecified atom stereocenters. The van der Waals surface area contributed by atoms with Crippen LogP contribution in [0.5, 0.6) is 0 Å². The van der Waals surface area contributed by atoms with Gasteiger partial charge < -0.3 is 21.8 Å². The van der Waals surface area contributed by atoms with Crippen LogP contribution < -0.4 is 16.8 Å². The van der Waals surface area contributed by atoms with Crippen molar-refractivity contribution in [3.63, 3.8) is 0 Å². The highest BCUT2D eigenvalue weighted by molar-refractivity contribution is 8.13. The lowest BCUT2D eigenvalue weighted by atomic mass is 10.2. The van der Waals surface area contributed by atoms with Gasteiger partial charge in [0.15, 0.2) is 16.8 Å². The van der Waals surface area contributed by atoms with E-state index in [1.165, 1.54) is 11.8 Å². The second-order valence-electron chi connectivity index (χ2n) is 8.08. The minimum Gasteiger partial charge on any atom is -0.378 e. The number of rotatable bonds is 7. The fraction of sp³-hybridized carbons (Fsp3) is 0.261. The summed E-state index contributed by atoms with van der Waals surface area (Å²) in [5.41, 5.74) is 13.9. The van der Waals surface area contributed by atoms with Crippen molar-refractivity contribution in [1.29, 1.82) is 0 Å². The second kappa shape index (κ2) is 11.0. The van der Waals surface area contributed by atoms with Gasteiger partial charge in [-0.2, -0.15) is 5.10 Å². The summed E-state index contributed by atoms with van der Waals surface area (Å²) in [5, 5.41) is 10.1. The number of nitrogens with zero attached hydrogens (tertiary/aromatic N) is 4. The van der Waals surface area contributed by atoms with Gasteiger partial charge in [-0.05, 0) is 62.7 Å². The van der Waals surface area contributed by atoms with E-state index in [2.05, 4.69) is 30.5 Å². The van der Waals surface area contributed by atoms with E-state index in [9.17, 15) is 9.59 Å². The predicted octanol–water partition coefficient (Wildman–Crippen LogP) is 2.12. The van der Waals surface area contributed by atoms with Crippen molar-refractivity contribution in [3.05, 3.63) is 60.0 Å². The first-order valence-corrected chi connectivity index (χ1v) is 11.9. The van der Waals surface area contributed by atoms with Crippen molar-refractivity contribution in [2.45, 2.75) is 30.7 Å². The number of nitrogens with two attached hydrogens (primary N) is 2. The molecule has 0 radical (unpaired) electrons. The van der Waals surface area contributed by atoms with Crippen LogP contribution in [0.1, 0.15) is 24.2 Å². The summed E-state index contributed by atoms with van der Waals surface area (Å²) in [6.45, 7) is 2.70. The average Bonchev–Trinajstić information content (AvgIpc) is 3.57. The van der Waals surface area contributed by atoms with E-state index in [1.807, 2.05) is 42.2 Å². The minimum absolute atomic E-state index is 0.125. The Hall–Kier alpha value is -3.90. The van der Waals surface area contributed by atoms with E-state index in [-0.39, 0.29) is 24.4 Å². The van der Waals surface area contributed by atoms with Gasteiger partial charge in [0.25, 0.3) is 0 Å². The van der Waals surface area contributed by atoms with Crippen LogP contribution in [-0.4, -0.2) is 62.0 Å². The lowest BCUT2D eigenvalue weighted by molar-refractivity contribution is -0.123. The number of primary amides is 1. The molecular weight excluding hydrogens is 466 g/mol. The molecule has 35 heavy (non-hydrogen) atoms. The van der Waals surface area contributed by atoms with Crippen LogP contribution in [0.25, 0.3) is 0 Å². The van der Waals surface area contributed by atoms with E-state index in [4.69, 9.17) is 11.5 Å². The van der Waals surface area contributed by atoms with Crippen LogP contribution in [0.15, 0.2) is 63.5 Å². The molecule has 0 saturated carbocycles. The molecule has 2 amide bonds. The molecule has 1 saturated heterocycles. The topological polar surface area (TPSA) is 171 Å². The summed E-state index contributed by atoms with van der Waals surface area (Å²) in [7, 11) is 0. The Morgan fingerprint density at radius 2 is 2.06 bits per heavy atom. The Morgan fingerprint density at radius 3 is 2.71 bits per heavy atom. The zero-order chi connectivity index (χ0) is 24.8. The first-order valence-electron chi connectivity index (χ1n) is 11.1. The van der Waals surface area contributed by atoms with Gasteiger partial charge in [-0.25, -0.2) is 9.98 Å².